The maximum absolute atomic E-state index is 11.7. The standard InChI is InChI=1S/C28H24N2O3/c29-27(31)25-7-3-1-5-23(25)21-13-9-19(10-14-21)17-33-18-20-11-15-22(16-12-20)24-6-2-4-8-26(24)28(30)32/h1-16H,17-18H2,(H2,29,31)(H2,30,32). The Morgan fingerprint density at radius 1 is 0.545 bits per heavy atom. The van der Waals surface area contributed by atoms with Crippen molar-refractivity contribution in [1.29, 1.82) is 0 Å². The first-order valence-corrected chi connectivity index (χ1v) is 10.6. The molecule has 0 aromatic heterocycles. The van der Waals surface area contributed by atoms with E-state index in [9.17, 15) is 9.59 Å². The zero-order valence-electron chi connectivity index (χ0n) is 18.0. The van der Waals surface area contributed by atoms with E-state index >= 15 is 0 Å². The van der Waals surface area contributed by atoms with Crippen LogP contribution >= 0.6 is 0 Å². The quantitative estimate of drug-likeness (QED) is 0.410. The topological polar surface area (TPSA) is 95.4 Å². The summed E-state index contributed by atoms with van der Waals surface area (Å²) in [5, 5.41) is 0. The van der Waals surface area contributed by atoms with Crippen LogP contribution in [0.1, 0.15) is 31.8 Å². The maximum atomic E-state index is 11.7. The van der Waals surface area contributed by atoms with Crippen LogP contribution in [0.3, 0.4) is 0 Å². The molecule has 4 N–H and O–H groups in total. The first-order valence-electron chi connectivity index (χ1n) is 10.6. The second-order valence-corrected chi connectivity index (χ2v) is 7.71. The van der Waals surface area contributed by atoms with Gasteiger partial charge in [0.2, 0.25) is 11.8 Å². The van der Waals surface area contributed by atoms with Crippen LogP contribution in [0.5, 0.6) is 0 Å². The normalized spacial score (nSPS) is 10.7. The van der Waals surface area contributed by atoms with Gasteiger partial charge in [0.25, 0.3) is 0 Å². The minimum Gasteiger partial charge on any atom is -0.372 e. The van der Waals surface area contributed by atoms with E-state index in [1.807, 2.05) is 72.8 Å². The summed E-state index contributed by atoms with van der Waals surface area (Å²) in [5.41, 5.74) is 17.5. The maximum Gasteiger partial charge on any atom is 0.249 e. The van der Waals surface area contributed by atoms with E-state index in [1.165, 1.54) is 0 Å². The highest BCUT2D eigenvalue weighted by molar-refractivity contribution is 6.00. The molecule has 0 aliphatic carbocycles. The van der Waals surface area contributed by atoms with Crippen molar-refractivity contribution < 1.29 is 14.3 Å². The number of hydrogen-bond acceptors (Lipinski definition) is 3. The molecule has 0 fully saturated rings. The van der Waals surface area contributed by atoms with Gasteiger partial charge in [-0.25, -0.2) is 0 Å². The average Bonchev–Trinajstić information content (AvgIpc) is 2.85. The van der Waals surface area contributed by atoms with Crippen LogP contribution in [-0.2, 0) is 18.0 Å². The highest BCUT2D eigenvalue weighted by Gasteiger charge is 2.10. The lowest BCUT2D eigenvalue weighted by atomic mass is 9.98. The van der Waals surface area contributed by atoms with Crippen molar-refractivity contribution >= 4 is 11.8 Å². The summed E-state index contributed by atoms with van der Waals surface area (Å²) in [5.74, 6) is -0.885. The molecular weight excluding hydrogens is 412 g/mol. The molecule has 0 radical (unpaired) electrons. The smallest absolute Gasteiger partial charge is 0.249 e. The van der Waals surface area contributed by atoms with Crippen molar-refractivity contribution in [1.82, 2.24) is 0 Å². The zero-order valence-corrected chi connectivity index (χ0v) is 18.0. The Morgan fingerprint density at radius 3 is 1.27 bits per heavy atom. The van der Waals surface area contributed by atoms with Gasteiger partial charge in [0.15, 0.2) is 0 Å². The largest absolute Gasteiger partial charge is 0.372 e. The summed E-state index contributed by atoms with van der Waals surface area (Å²) < 4.78 is 5.87. The molecule has 4 aromatic rings. The molecule has 0 atom stereocenters. The van der Waals surface area contributed by atoms with Gasteiger partial charge < -0.3 is 16.2 Å². The second kappa shape index (κ2) is 9.94. The van der Waals surface area contributed by atoms with E-state index < -0.39 is 11.8 Å². The Hall–Kier alpha value is -4.22. The molecule has 0 aliphatic rings. The summed E-state index contributed by atoms with van der Waals surface area (Å²) in [7, 11) is 0. The van der Waals surface area contributed by atoms with Gasteiger partial charge in [-0.3, -0.25) is 9.59 Å². The van der Waals surface area contributed by atoms with Crippen molar-refractivity contribution in [2.75, 3.05) is 0 Å². The Balaban J connectivity index is 1.38. The molecule has 33 heavy (non-hydrogen) atoms. The van der Waals surface area contributed by atoms with Gasteiger partial charge in [-0.2, -0.15) is 0 Å². The fraction of sp³-hybridized carbons (Fsp3) is 0.0714. The van der Waals surface area contributed by atoms with Gasteiger partial charge in [0.1, 0.15) is 0 Å². The predicted molar refractivity (Wildman–Crippen MR) is 129 cm³/mol. The minimum absolute atomic E-state index is 0.442. The molecule has 5 nitrogen and oxygen atoms in total. The van der Waals surface area contributed by atoms with Crippen LogP contribution in [0.25, 0.3) is 22.3 Å². The van der Waals surface area contributed by atoms with E-state index in [0.29, 0.717) is 24.3 Å². The minimum atomic E-state index is -0.442. The molecule has 0 saturated heterocycles. The van der Waals surface area contributed by atoms with E-state index in [4.69, 9.17) is 16.2 Å². The third kappa shape index (κ3) is 5.17. The van der Waals surface area contributed by atoms with Crippen LogP contribution in [0.2, 0.25) is 0 Å². The SMILES string of the molecule is NC(=O)c1ccccc1-c1ccc(COCc2ccc(-c3ccccc3C(N)=O)cc2)cc1. The lowest BCUT2D eigenvalue weighted by Crippen LogP contribution is -2.12. The number of ether oxygens (including phenoxy) is 1. The number of nitrogens with two attached hydrogens (primary N) is 2. The second-order valence-electron chi connectivity index (χ2n) is 7.71. The highest BCUT2D eigenvalue weighted by atomic mass is 16.5. The highest BCUT2D eigenvalue weighted by Crippen LogP contribution is 2.25. The van der Waals surface area contributed by atoms with E-state index in [2.05, 4.69) is 0 Å². The van der Waals surface area contributed by atoms with Crippen molar-refractivity contribution in [3.05, 3.63) is 119 Å². The Morgan fingerprint density at radius 2 is 0.909 bits per heavy atom. The van der Waals surface area contributed by atoms with Gasteiger partial charge in [0.05, 0.1) is 13.2 Å². The van der Waals surface area contributed by atoms with Crippen molar-refractivity contribution in [2.45, 2.75) is 13.2 Å². The zero-order chi connectivity index (χ0) is 23.2. The lowest BCUT2D eigenvalue weighted by molar-refractivity contribution is 0.0992. The van der Waals surface area contributed by atoms with E-state index in [1.54, 1.807) is 24.3 Å². The first kappa shape index (κ1) is 22.0. The van der Waals surface area contributed by atoms with Crippen molar-refractivity contribution in [3.63, 3.8) is 0 Å². The number of carbonyl (C=O) groups is 2. The van der Waals surface area contributed by atoms with Crippen LogP contribution in [0, 0.1) is 0 Å². The first-order chi connectivity index (χ1) is 16.0. The molecular formula is C28H24N2O3. The fourth-order valence-corrected chi connectivity index (χ4v) is 3.75. The summed E-state index contributed by atoms with van der Waals surface area (Å²) in [6, 6.07) is 30.4. The third-order valence-corrected chi connectivity index (χ3v) is 5.45. The molecule has 0 heterocycles. The molecule has 0 aliphatic heterocycles. The Bertz CT molecular complexity index is 1180. The van der Waals surface area contributed by atoms with Crippen molar-refractivity contribution in [3.8, 4) is 22.3 Å². The summed E-state index contributed by atoms with van der Waals surface area (Å²) >= 11 is 0. The lowest BCUT2D eigenvalue weighted by Gasteiger charge is -2.10. The third-order valence-electron chi connectivity index (χ3n) is 5.45. The van der Waals surface area contributed by atoms with Gasteiger partial charge in [-0.1, -0.05) is 84.9 Å². The molecule has 0 bridgehead atoms. The number of hydrogen-bond donors (Lipinski definition) is 2. The van der Waals surface area contributed by atoms with Gasteiger partial charge in [-0.15, -0.1) is 0 Å². The molecule has 0 saturated carbocycles. The van der Waals surface area contributed by atoms with E-state index in [-0.39, 0.29) is 0 Å². The molecule has 4 rings (SSSR count). The number of rotatable bonds is 8. The molecule has 0 unspecified atom stereocenters. The fourth-order valence-electron chi connectivity index (χ4n) is 3.75. The summed E-state index contributed by atoms with van der Waals surface area (Å²) in [6.45, 7) is 0.925. The summed E-state index contributed by atoms with van der Waals surface area (Å²) in [4.78, 5) is 23.3. The monoisotopic (exact) mass is 436 g/mol. The molecule has 0 spiro atoms. The average molecular weight is 437 g/mol. The molecule has 164 valence electrons. The number of amides is 2. The number of carbonyl (C=O) groups excluding carboxylic acids is 2. The van der Waals surface area contributed by atoms with Crippen LogP contribution < -0.4 is 11.5 Å². The van der Waals surface area contributed by atoms with Crippen molar-refractivity contribution in [2.24, 2.45) is 11.5 Å². The molecule has 4 aromatic carbocycles. The molecule has 2 amide bonds. The Kier molecular flexibility index (Phi) is 6.62. The molecule has 5 heteroatoms. The van der Waals surface area contributed by atoms with Gasteiger partial charge >= 0.3 is 0 Å². The Labute approximate surface area is 192 Å². The van der Waals surface area contributed by atoms with Gasteiger partial charge in [0, 0.05) is 11.1 Å². The van der Waals surface area contributed by atoms with Crippen LogP contribution in [0.4, 0.5) is 0 Å². The summed E-state index contributed by atoms with van der Waals surface area (Å²) in [6.07, 6.45) is 0. The van der Waals surface area contributed by atoms with Gasteiger partial charge in [-0.05, 0) is 45.5 Å². The van der Waals surface area contributed by atoms with E-state index in [0.717, 1.165) is 33.4 Å². The number of primary amides is 2. The van der Waals surface area contributed by atoms with Crippen LogP contribution in [-0.4, -0.2) is 11.8 Å². The number of benzene rings is 4. The van der Waals surface area contributed by atoms with Crippen LogP contribution in [0.15, 0.2) is 97.1 Å². The predicted octanol–water partition coefficient (Wildman–Crippen LogP) is 4.94.